The van der Waals surface area contributed by atoms with Crippen LogP contribution in [0.1, 0.15) is 34.2 Å². The van der Waals surface area contributed by atoms with E-state index in [2.05, 4.69) is 41.0 Å². The first kappa shape index (κ1) is 34.8. The Labute approximate surface area is 276 Å². The lowest BCUT2D eigenvalue weighted by Gasteiger charge is -2.11. The van der Waals surface area contributed by atoms with Crippen molar-refractivity contribution in [1.82, 2.24) is 30.4 Å². The molecule has 3 N–H and O–H groups in total. The number of hydrogen-bond donors (Lipinski definition) is 3. The van der Waals surface area contributed by atoms with Crippen molar-refractivity contribution in [1.29, 1.82) is 0 Å². The number of nitrogens with zero attached hydrogens (tertiary/aromatic N) is 6. The van der Waals surface area contributed by atoms with Gasteiger partial charge in [0.25, 0.3) is 0 Å². The smallest absolute Gasteiger partial charge is 0.362 e. The second kappa shape index (κ2) is 17.6. The number of thioether (sulfide) groups is 2. The molecule has 4 aromatic rings. The monoisotopic (exact) mass is 702 g/mol. The van der Waals surface area contributed by atoms with Gasteiger partial charge in [-0.15, -0.1) is 20.4 Å². The van der Waals surface area contributed by atoms with Crippen molar-refractivity contribution in [2.45, 2.75) is 36.9 Å². The molecule has 0 aliphatic carbocycles. The van der Waals surface area contributed by atoms with Crippen LogP contribution in [-0.2, 0) is 24.4 Å². The molecule has 0 saturated carbocycles. The van der Waals surface area contributed by atoms with E-state index in [0.717, 1.165) is 11.1 Å². The number of aliphatic hydroxyl groups is 1. The van der Waals surface area contributed by atoms with Gasteiger partial charge in [0.05, 0.1) is 13.2 Å². The van der Waals surface area contributed by atoms with Crippen LogP contribution >= 0.6 is 69.9 Å². The molecule has 0 unspecified atom stereocenters. The minimum absolute atomic E-state index is 0.0368. The molecule has 2 aromatic heterocycles. The topological polar surface area (TPSA) is 148 Å². The summed E-state index contributed by atoms with van der Waals surface area (Å²) in [4.78, 5) is 20.5. The van der Waals surface area contributed by atoms with Crippen molar-refractivity contribution in [3.63, 3.8) is 0 Å². The zero-order valence-corrected chi connectivity index (χ0v) is 27.7. The van der Waals surface area contributed by atoms with E-state index in [1.54, 1.807) is 37.3 Å². The zero-order valence-electron chi connectivity index (χ0n) is 23.1. The Hall–Kier alpha value is -2.65. The van der Waals surface area contributed by atoms with Crippen LogP contribution in [-0.4, -0.2) is 60.6 Å². The number of rotatable bonds is 11. The molecule has 17 heteroatoms. The number of aliphatic hydroxyl groups excluding tert-OH is 1. The van der Waals surface area contributed by atoms with E-state index in [1.807, 2.05) is 18.6 Å². The maximum atomic E-state index is 11.9. The van der Waals surface area contributed by atoms with Crippen LogP contribution in [0.25, 0.3) is 0 Å². The van der Waals surface area contributed by atoms with E-state index in [0.29, 0.717) is 60.8 Å². The summed E-state index contributed by atoms with van der Waals surface area (Å²) in [7, 11) is 0. The van der Waals surface area contributed by atoms with E-state index in [1.165, 1.54) is 23.5 Å². The number of aromatic nitrogens is 6. The first-order valence-electron chi connectivity index (χ1n) is 12.4. The third kappa shape index (κ3) is 10.5. The molecule has 2 heterocycles. The highest BCUT2D eigenvalue weighted by Crippen LogP contribution is 2.24. The number of carbonyl (C=O) groups is 1. The minimum Gasteiger partial charge on any atom is -0.461 e. The fraction of sp³-hybridized carbons (Fsp3) is 0.269. The van der Waals surface area contributed by atoms with Gasteiger partial charge in [-0.25, -0.2) is 14.8 Å². The van der Waals surface area contributed by atoms with E-state index in [-0.39, 0.29) is 18.9 Å². The van der Waals surface area contributed by atoms with Gasteiger partial charge in [0, 0.05) is 33.2 Å². The van der Waals surface area contributed by atoms with Gasteiger partial charge in [0.2, 0.25) is 16.0 Å². The maximum absolute atomic E-state index is 11.9. The van der Waals surface area contributed by atoms with Crippen LogP contribution in [0, 0.1) is 0 Å². The minimum atomic E-state index is -0.579. The van der Waals surface area contributed by atoms with E-state index in [4.69, 9.17) is 51.1 Å². The van der Waals surface area contributed by atoms with Crippen LogP contribution < -0.4 is 10.6 Å². The summed E-state index contributed by atoms with van der Waals surface area (Å²) in [5, 5.41) is 34.1. The summed E-state index contributed by atoms with van der Waals surface area (Å²) >= 11 is 26.7. The van der Waals surface area contributed by atoms with Gasteiger partial charge >= 0.3 is 5.97 Å². The molecule has 0 amide bonds. The average Bonchev–Trinajstić information content (AvgIpc) is 3.00. The Morgan fingerprint density at radius 2 is 1.33 bits per heavy atom. The lowest BCUT2D eigenvalue weighted by atomic mass is 10.2. The standard InChI is InChI=1S/C14H14Cl2N4O2S.C12H12Cl2N4OS/c1-3-22-13(21)11-12(18-14(23-2)20-19-11)17-7-8-4-5-9(15)6-10(8)16;1-20-12-16-11(10(6-19)17-18-12)15-5-7-2-3-8(13)4-9(7)14/h4-6H,3,7H2,1-2H3,(H,17,18,20);2-4,19H,5-6H2,1H3,(H,15,16,18). The van der Waals surface area contributed by atoms with Crippen molar-refractivity contribution >= 4 is 87.5 Å². The van der Waals surface area contributed by atoms with Crippen molar-refractivity contribution in [3.8, 4) is 0 Å². The second-order valence-corrected chi connectivity index (χ2v) is 11.4. The molecule has 0 saturated heterocycles. The highest BCUT2D eigenvalue weighted by atomic mass is 35.5. The number of halogens is 4. The molecule has 0 atom stereocenters. The molecule has 4 rings (SSSR count). The molecule has 0 bridgehead atoms. The zero-order chi connectivity index (χ0) is 31.4. The predicted molar refractivity (Wildman–Crippen MR) is 173 cm³/mol. The number of ether oxygens (including phenoxy) is 1. The fourth-order valence-corrected chi connectivity index (χ4v) is 4.77. The maximum Gasteiger partial charge on any atom is 0.362 e. The van der Waals surface area contributed by atoms with Crippen molar-refractivity contribution in [3.05, 3.63) is 79.0 Å². The van der Waals surface area contributed by atoms with Crippen LogP contribution in [0.15, 0.2) is 46.7 Å². The molecule has 2 aromatic carbocycles. The Bertz CT molecular complexity index is 1550. The molecule has 43 heavy (non-hydrogen) atoms. The molecule has 0 spiro atoms. The highest BCUT2D eigenvalue weighted by molar-refractivity contribution is 7.98. The molecule has 0 radical (unpaired) electrons. The third-order valence-corrected chi connectivity index (χ3v) is 7.56. The first-order valence-corrected chi connectivity index (χ1v) is 16.3. The van der Waals surface area contributed by atoms with Gasteiger partial charge in [-0.2, -0.15) is 0 Å². The second-order valence-electron chi connectivity index (χ2n) is 8.15. The number of hydrogen-bond acceptors (Lipinski definition) is 13. The predicted octanol–water partition coefficient (Wildman–Crippen LogP) is 6.69. The molecule has 11 nitrogen and oxygen atoms in total. The lowest BCUT2D eigenvalue weighted by molar-refractivity contribution is 0.0518. The van der Waals surface area contributed by atoms with Crippen molar-refractivity contribution in [2.24, 2.45) is 0 Å². The third-order valence-electron chi connectivity index (χ3n) is 5.31. The molecule has 228 valence electrons. The van der Waals surface area contributed by atoms with Crippen LogP contribution in [0.5, 0.6) is 0 Å². The molecular formula is C26H26Cl4N8O3S2. The van der Waals surface area contributed by atoms with Gasteiger partial charge in [-0.3, -0.25) is 0 Å². The number of esters is 1. The summed E-state index contributed by atoms with van der Waals surface area (Å²) in [5.41, 5.74) is 2.13. The van der Waals surface area contributed by atoms with Crippen molar-refractivity contribution in [2.75, 3.05) is 29.8 Å². The lowest BCUT2D eigenvalue weighted by Crippen LogP contribution is -2.15. The summed E-state index contributed by atoms with van der Waals surface area (Å²) in [6, 6.07) is 10.5. The van der Waals surface area contributed by atoms with Gasteiger partial charge < -0.3 is 20.5 Å². The van der Waals surface area contributed by atoms with E-state index >= 15 is 0 Å². The summed E-state index contributed by atoms with van der Waals surface area (Å²) < 4.78 is 4.96. The van der Waals surface area contributed by atoms with Crippen LogP contribution in [0.2, 0.25) is 20.1 Å². The molecular weight excluding hydrogens is 678 g/mol. The largest absolute Gasteiger partial charge is 0.461 e. The SMILES string of the molecule is CCOC(=O)c1nnc(SC)nc1NCc1ccc(Cl)cc1Cl.CSc1nnc(CO)c(NCc2ccc(Cl)cc2Cl)n1. The normalized spacial score (nSPS) is 10.5. The van der Waals surface area contributed by atoms with Gasteiger partial charge in [-0.1, -0.05) is 82.1 Å². The molecule has 0 aliphatic heterocycles. The molecule has 0 fully saturated rings. The quantitative estimate of drug-likeness (QED) is 0.113. The van der Waals surface area contributed by atoms with Crippen LogP contribution in [0.4, 0.5) is 11.6 Å². The van der Waals surface area contributed by atoms with E-state index in [9.17, 15) is 9.90 Å². The fourth-order valence-electron chi connectivity index (χ4n) is 3.21. The van der Waals surface area contributed by atoms with E-state index < -0.39 is 5.97 Å². The highest BCUT2D eigenvalue weighted by Gasteiger charge is 2.18. The van der Waals surface area contributed by atoms with Crippen LogP contribution in [0.3, 0.4) is 0 Å². The number of nitrogens with one attached hydrogen (secondary N) is 2. The summed E-state index contributed by atoms with van der Waals surface area (Å²) in [5.74, 6) is 0.219. The summed E-state index contributed by atoms with van der Waals surface area (Å²) in [6.07, 6.45) is 3.68. The number of anilines is 2. The average molecular weight is 704 g/mol. The Morgan fingerprint density at radius 3 is 1.81 bits per heavy atom. The van der Waals surface area contributed by atoms with Gasteiger partial charge in [0.15, 0.2) is 11.6 Å². The number of carbonyl (C=O) groups excluding carboxylic acids is 1. The Morgan fingerprint density at radius 1 is 0.814 bits per heavy atom. The first-order chi connectivity index (χ1) is 20.7. The van der Waals surface area contributed by atoms with Gasteiger partial charge in [0.1, 0.15) is 5.69 Å². The molecule has 0 aliphatic rings. The summed E-state index contributed by atoms with van der Waals surface area (Å²) in [6.45, 7) is 2.54. The van der Waals surface area contributed by atoms with Crippen molar-refractivity contribution < 1.29 is 14.6 Å². The van der Waals surface area contributed by atoms with Gasteiger partial charge in [-0.05, 0) is 54.8 Å². The number of benzene rings is 2. The Balaban J connectivity index is 0.000000238. The Kier molecular flexibility index (Phi) is 14.3.